The number of para-hydroxylation sites is 1. The van der Waals surface area contributed by atoms with Crippen LogP contribution in [0.1, 0.15) is 5.56 Å². The molecule has 0 bridgehead atoms. The van der Waals surface area contributed by atoms with Crippen molar-refractivity contribution < 1.29 is 5.11 Å². The summed E-state index contributed by atoms with van der Waals surface area (Å²) in [6.45, 7) is -0.0508. The molecule has 0 amide bonds. The molecule has 0 fully saturated rings. The van der Waals surface area contributed by atoms with Crippen molar-refractivity contribution in [3.05, 3.63) is 71.4 Å². The Bertz CT molecular complexity index is 705. The monoisotopic (exact) mass is 284 g/mol. The summed E-state index contributed by atoms with van der Waals surface area (Å²) in [5.74, 6) is 0. The highest BCUT2D eigenvalue weighted by Crippen LogP contribution is 2.25. The molecule has 0 aliphatic heterocycles. The zero-order valence-corrected chi connectivity index (χ0v) is 11.5. The van der Waals surface area contributed by atoms with Crippen LogP contribution in [-0.4, -0.2) is 14.9 Å². The van der Waals surface area contributed by atoms with Gasteiger partial charge in [0.15, 0.2) is 0 Å². The van der Waals surface area contributed by atoms with Gasteiger partial charge in [-0.3, -0.25) is 0 Å². The minimum absolute atomic E-state index is 0.0508. The predicted octanol–water partition coefficient (Wildman–Crippen LogP) is 3.69. The van der Waals surface area contributed by atoms with Crippen molar-refractivity contribution in [2.24, 2.45) is 0 Å². The molecule has 0 atom stereocenters. The number of rotatable bonds is 3. The summed E-state index contributed by atoms with van der Waals surface area (Å²) < 4.78 is 1.77. The van der Waals surface area contributed by atoms with Crippen LogP contribution in [0, 0.1) is 0 Å². The van der Waals surface area contributed by atoms with Gasteiger partial charge in [-0.2, -0.15) is 5.10 Å². The van der Waals surface area contributed by atoms with Crippen LogP contribution in [0.4, 0.5) is 0 Å². The lowest BCUT2D eigenvalue weighted by atomic mass is 10.1. The molecule has 1 N–H and O–H groups in total. The molecule has 0 aliphatic rings. The minimum atomic E-state index is -0.0508. The molecule has 3 aromatic rings. The Morgan fingerprint density at radius 1 is 1.00 bits per heavy atom. The smallest absolute Gasteiger partial charge is 0.0982 e. The number of aliphatic hydroxyl groups excluding tert-OH is 1. The van der Waals surface area contributed by atoms with Gasteiger partial charge >= 0.3 is 0 Å². The van der Waals surface area contributed by atoms with E-state index < -0.39 is 0 Å². The normalized spacial score (nSPS) is 10.7. The summed E-state index contributed by atoms with van der Waals surface area (Å²) in [6, 6.07) is 17.3. The highest BCUT2D eigenvalue weighted by Gasteiger charge is 2.11. The Morgan fingerprint density at radius 3 is 2.35 bits per heavy atom. The van der Waals surface area contributed by atoms with E-state index in [9.17, 15) is 5.11 Å². The topological polar surface area (TPSA) is 38.0 Å². The molecule has 0 radical (unpaired) electrons. The van der Waals surface area contributed by atoms with Gasteiger partial charge in [0.2, 0.25) is 0 Å². The van der Waals surface area contributed by atoms with Gasteiger partial charge in [-0.15, -0.1) is 0 Å². The Morgan fingerprint density at radius 2 is 1.70 bits per heavy atom. The third kappa shape index (κ3) is 2.46. The van der Waals surface area contributed by atoms with Crippen LogP contribution in [-0.2, 0) is 6.61 Å². The SMILES string of the molecule is OCc1cn(-c2ccccc2)nc1-c1ccc(Cl)cc1. The van der Waals surface area contributed by atoms with Crippen LogP contribution in [0.15, 0.2) is 60.8 Å². The lowest BCUT2D eigenvalue weighted by Crippen LogP contribution is -1.93. The van der Waals surface area contributed by atoms with Crippen LogP contribution in [0.3, 0.4) is 0 Å². The Labute approximate surface area is 122 Å². The first-order valence-corrected chi connectivity index (χ1v) is 6.66. The molecule has 20 heavy (non-hydrogen) atoms. The predicted molar refractivity (Wildman–Crippen MR) is 79.9 cm³/mol. The van der Waals surface area contributed by atoms with Crippen molar-refractivity contribution in [1.82, 2.24) is 9.78 Å². The first-order chi connectivity index (χ1) is 9.78. The molecule has 0 unspecified atom stereocenters. The number of halogens is 1. The van der Waals surface area contributed by atoms with Crippen LogP contribution in [0.5, 0.6) is 0 Å². The molecule has 0 saturated carbocycles. The Hall–Kier alpha value is -2.10. The van der Waals surface area contributed by atoms with Gasteiger partial charge in [0.25, 0.3) is 0 Å². The maximum absolute atomic E-state index is 9.52. The molecule has 0 spiro atoms. The van der Waals surface area contributed by atoms with Gasteiger partial charge in [-0.1, -0.05) is 41.9 Å². The second-order valence-corrected chi connectivity index (χ2v) is 4.88. The van der Waals surface area contributed by atoms with Crippen molar-refractivity contribution in [1.29, 1.82) is 0 Å². The fourth-order valence-corrected chi connectivity index (χ4v) is 2.22. The van der Waals surface area contributed by atoms with Crippen LogP contribution < -0.4 is 0 Å². The second kappa shape index (κ2) is 5.49. The van der Waals surface area contributed by atoms with Crippen molar-refractivity contribution in [2.75, 3.05) is 0 Å². The summed E-state index contributed by atoms with van der Waals surface area (Å²) in [5.41, 5.74) is 3.46. The quantitative estimate of drug-likeness (QED) is 0.797. The van der Waals surface area contributed by atoms with E-state index in [0.29, 0.717) is 5.02 Å². The van der Waals surface area contributed by atoms with Gasteiger partial charge in [0.05, 0.1) is 18.0 Å². The lowest BCUT2D eigenvalue weighted by molar-refractivity contribution is 0.282. The molecule has 0 aliphatic carbocycles. The maximum Gasteiger partial charge on any atom is 0.0982 e. The number of hydrogen-bond donors (Lipinski definition) is 1. The Kier molecular flexibility index (Phi) is 3.54. The lowest BCUT2D eigenvalue weighted by Gasteiger charge is -2.00. The number of aliphatic hydroxyl groups is 1. The van der Waals surface area contributed by atoms with E-state index in [0.717, 1.165) is 22.5 Å². The largest absolute Gasteiger partial charge is 0.392 e. The van der Waals surface area contributed by atoms with Crippen molar-refractivity contribution >= 4 is 11.6 Å². The number of nitrogens with zero attached hydrogens (tertiary/aromatic N) is 2. The fraction of sp³-hybridized carbons (Fsp3) is 0.0625. The van der Waals surface area contributed by atoms with Crippen LogP contribution in [0.2, 0.25) is 5.02 Å². The van der Waals surface area contributed by atoms with E-state index in [-0.39, 0.29) is 6.61 Å². The summed E-state index contributed by atoms with van der Waals surface area (Å²) in [6.07, 6.45) is 1.85. The molecular formula is C16H13ClN2O. The van der Waals surface area contributed by atoms with Crippen molar-refractivity contribution in [2.45, 2.75) is 6.61 Å². The van der Waals surface area contributed by atoms with E-state index in [1.54, 1.807) is 4.68 Å². The standard InChI is InChI=1S/C16H13ClN2O/c17-14-8-6-12(7-9-14)16-13(11-20)10-19(18-16)15-4-2-1-3-5-15/h1-10,20H,11H2. The number of hydrogen-bond acceptors (Lipinski definition) is 2. The van der Waals surface area contributed by atoms with Gasteiger partial charge in [-0.05, 0) is 24.3 Å². The van der Waals surface area contributed by atoms with Crippen LogP contribution >= 0.6 is 11.6 Å². The first-order valence-electron chi connectivity index (χ1n) is 6.28. The van der Waals surface area contributed by atoms with Gasteiger partial charge in [0.1, 0.15) is 0 Å². The highest BCUT2D eigenvalue weighted by molar-refractivity contribution is 6.30. The molecule has 1 heterocycles. The summed E-state index contributed by atoms with van der Waals surface area (Å²) >= 11 is 5.90. The van der Waals surface area contributed by atoms with Crippen LogP contribution in [0.25, 0.3) is 16.9 Å². The zero-order chi connectivity index (χ0) is 13.9. The third-order valence-electron chi connectivity index (χ3n) is 3.10. The average molecular weight is 285 g/mol. The Balaban J connectivity index is 2.07. The molecular weight excluding hydrogens is 272 g/mol. The van der Waals surface area contributed by atoms with Gasteiger partial charge in [0, 0.05) is 22.3 Å². The number of benzene rings is 2. The van der Waals surface area contributed by atoms with Gasteiger partial charge in [-0.25, -0.2) is 4.68 Å². The molecule has 4 heteroatoms. The minimum Gasteiger partial charge on any atom is -0.392 e. The first kappa shape index (κ1) is 12.9. The molecule has 1 aromatic heterocycles. The second-order valence-electron chi connectivity index (χ2n) is 4.45. The highest BCUT2D eigenvalue weighted by atomic mass is 35.5. The number of aromatic nitrogens is 2. The van der Waals surface area contributed by atoms with E-state index in [1.165, 1.54) is 0 Å². The molecule has 3 rings (SSSR count). The van der Waals surface area contributed by atoms with Gasteiger partial charge < -0.3 is 5.11 Å². The zero-order valence-electron chi connectivity index (χ0n) is 10.7. The van der Waals surface area contributed by atoms with E-state index in [2.05, 4.69) is 5.10 Å². The maximum atomic E-state index is 9.52. The summed E-state index contributed by atoms with van der Waals surface area (Å²) in [7, 11) is 0. The summed E-state index contributed by atoms with van der Waals surface area (Å²) in [4.78, 5) is 0. The molecule has 100 valence electrons. The van der Waals surface area contributed by atoms with E-state index >= 15 is 0 Å². The molecule has 3 nitrogen and oxygen atoms in total. The molecule has 2 aromatic carbocycles. The van der Waals surface area contributed by atoms with E-state index in [1.807, 2.05) is 60.8 Å². The fourth-order valence-electron chi connectivity index (χ4n) is 2.09. The van der Waals surface area contributed by atoms with Crippen molar-refractivity contribution in [3.63, 3.8) is 0 Å². The third-order valence-corrected chi connectivity index (χ3v) is 3.35. The van der Waals surface area contributed by atoms with Crippen molar-refractivity contribution in [3.8, 4) is 16.9 Å². The molecule has 0 saturated heterocycles. The summed E-state index contributed by atoms with van der Waals surface area (Å²) in [5, 5.41) is 14.8. The average Bonchev–Trinajstić information content (AvgIpc) is 2.93. The van der Waals surface area contributed by atoms with E-state index in [4.69, 9.17) is 11.6 Å².